The molecule has 19 heavy (non-hydrogen) atoms. The average Bonchev–Trinajstić information content (AvgIpc) is 3.23. The van der Waals surface area contributed by atoms with Crippen LogP contribution in [0.3, 0.4) is 0 Å². The molecule has 1 saturated carbocycles. The van der Waals surface area contributed by atoms with E-state index < -0.39 is 0 Å². The smallest absolute Gasteiger partial charge is 0.0297 e. The largest absolute Gasteiger partial charge is 0.324 e. The molecule has 0 bridgehead atoms. The number of nitrogens with zero attached hydrogens (tertiary/aromatic N) is 1. The Bertz CT molecular complexity index is 488. The Kier molecular flexibility index (Phi) is 3.46. The maximum atomic E-state index is 6.17. The molecule has 2 aliphatic carbocycles. The number of rotatable bonds is 4. The molecular weight excluding hydrogens is 232 g/mol. The summed E-state index contributed by atoms with van der Waals surface area (Å²) in [4.78, 5) is 2.42. The second-order valence-electron chi connectivity index (χ2n) is 6.16. The molecule has 0 aromatic heterocycles. The molecule has 1 aromatic carbocycles. The van der Waals surface area contributed by atoms with E-state index in [1.807, 2.05) is 0 Å². The van der Waals surface area contributed by atoms with Crippen molar-refractivity contribution in [1.82, 2.24) is 4.90 Å². The molecule has 2 heteroatoms. The molecule has 0 heterocycles. The van der Waals surface area contributed by atoms with Crippen LogP contribution in [0.2, 0.25) is 0 Å². The van der Waals surface area contributed by atoms with Gasteiger partial charge in [0.05, 0.1) is 0 Å². The summed E-state index contributed by atoms with van der Waals surface area (Å²) in [6.45, 7) is 5.25. The van der Waals surface area contributed by atoms with Gasteiger partial charge >= 0.3 is 0 Å². The van der Waals surface area contributed by atoms with Gasteiger partial charge in [-0.3, -0.25) is 4.90 Å². The van der Waals surface area contributed by atoms with Crippen molar-refractivity contribution >= 4 is 5.57 Å². The minimum atomic E-state index is 0.236. The van der Waals surface area contributed by atoms with E-state index in [2.05, 4.69) is 36.7 Å². The summed E-state index contributed by atoms with van der Waals surface area (Å²) in [6.07, 6.45) is 6.21. The Morgan fingerprint density at radius 3 is 2.89 bits per heavy atom. The van der Waals surface area contributed by atoms with Crippen molar-refractivity contribution in [1.29, 1.82) is 0 Å². The van der Waals surface area contributed by atoms with E-state index in [0.29, 0.717) is 0 Å². The van der Waals surface area contributed by atoms with E-state index >= 15 is 0 Å². The number of aryl methyl sites for hydroxylation is 1. The Hall–Kier alpha value is -1.12. The number of hydrogen-bond acceptors (Lipinski definition) is 2. The van der Waals surface area contributed by atoms with Crippen LogP contribution in [0.25, 0.3) is 5.57 Å². The number of benzene rings is 1. The van der Waals surface area contributed by atoms with Crippen LogP contribution in [0.4, 0.5) is 0 Å². The molecular formula is C17H24N2. The van der Waals surface area contributed by atoms with Gasteiger partial charge in [-0.05, 0) is 61.4 Å². The third-order valence-corrected chi connectivity index (χ3v) is 4.52. The van der Waals surface area contributed by atoms with Gasteiger partial charge < -0.3 is 5.73 Å². The molecule has 0 amide bonds. The zero-order valence-electron chi connectivity index (χ0n) is 11.9. The number of fused-ring (bicyclic) bond motifs is 1. The van der Waals surface area contributed by atoms with Crippen LogP contribution in [0.5, 0.6) is 0 Å². The highest BCUT2D eigenvalue weighted by Gasteiger charge is 2.26. The van der Waals surface area contributed by atoms with Gasteiger partial charge in [-0.25, -0.2) is 0 Å². The Balaban J connectivity index is 1.75. The normalized spacial score (nSPS) is 22.4. The van der Waals surface area contributed by atoms with E-state index in [4.69, 9.17) is 5.73 Å². The summed E-state index contributed by atoms with van der Waals surface area (Å²) in [5.74, 6) is 0. The fraction of sp³-hybridized carbons (Fsp3) is 0.529. The van der Waals surface area contributed by atoms with E-state index in [-0.39, 0.29) is 6.04 Å². The van der Waals surface area contributed by atoms with Gasteiger partial charge in [-0.1, -0.05) is 24.8 Å². The summed E-state index contributed by atoms with van der Waals surface area (Å²) in [5.41, 5.74) is 11.5. The highest BCUT2D eigenvalue weighted by Crippen LogP contribution is 2.31. The maximum absolute atomic E-state index is 6.17. The SMILES string of the molecule is C=C(CN(C)C1CC1)c1ccc2c(c1)CCCC2N. The van der Waals surface area contributed by atoms with Crippen LogP contribution in [-0.4, -0.2) is 24.5 Å². The zero-order chi connectivity index (χ0) is 13.4. The lowest BCUT2D eigenvalue weighted by Gasteiger charge is -2.24. The second-order valence-corrected chi connectivity index (χ2v) is 6.16. The van der Waals surface area contributed by atoms with Crippen LogP contribution in [0, 0.1) is 0 Å². The summed E-state index contributed by atoms with van der Waals surface area (Å²) < 4.78 is 0. The van der Waals surface area contributed by atoms with Gasteiger partial charge in [-0.2, -0.15) is 0 Å². The van der Waals surface area contributed by atoms with E-state index in [0.717, 1.165) is 19.0 Å². The van der Waals surface area contributed by atoms with E-state index in [1.54, 1.807) is 0 Å². The predicted octanol–water partition coefficient (Wildman–Crippen LogP) is 3.13. The Labute approximate surface area is 116 Å². The third kappa shape index (κ3) is 2.75. The fourth-order valence-corrected chi connectivity index (χ4v) is 3.11. The topological polar surface area (TPSA) is 29.3 Å². The van der Waals surface area contributed by atoms with Gasteiger partial charge in [0.2, 0.25) is 0 Å². The molecule has 2 nitrogen and oxygen atoms in total. The summed E-state index contributed by atoms with van der Waals surface area (Å²) in [6, 6.07) is 7.77. The van der Waals surface area contributed by atoms with Crippen molar-refractivity contribution in [3.8, 4) is 0 Å². The van der Waals surface area contributed by atoms with Crippen molar-refractivity contribution < 1.29 is 0 Å². The predicted molar refractivity (Wildman–Crippen MR) is 81.0 cm³/mol. The molecule has 1 atom stereocenters. The zero-order valence-corrected chi connectivity index (χ0v) is 11.9. The van der Waals surface area contributed by atoms with Crippen molar-refractivity contribution in [2.75, 3.05) is 13.6 Å². The standard InChI is InChI=1S/C17H24N2/c1-12(11-19(2)15-7-8-15)13-6-9-16-14(10-13)4-3-5-17(16)18/h6,9-10,15,17H,1,3-5,7-8,11,18H2,2H3. The van der Waals surface area contributed by atoms with Crippen molar-refractivity contribution in [3.05, 3.63) is 41.5 Å². The maximum Gasteiger partial charge on any atom is 0.0297 e. The summed E-state index contributed by atoms with van der Waals surface area (Å²) >= 11 is 0. The third-order valence-electron chi connectivity index (χ3n) is 4.52. The fourth-order valence-electron chi connectivity index (χ4n) is 3.11. The molecule has 1 unspecified atom stereocenters. The first-order chi connectivity index (χ1) is 9.15. The molecule has 0 saturated heterocycles. The molecule has 0 radical (unpaired) electrons. The van der Waals surface area contributed by atoms with E-state index in [1.165, 1.54) is 47.9 Å². The van der Waals surface area contributed by atoms with Gasteiger partial charge in [0.15, 0.2) is 0 Å². The quantitative estimate of drug-likeness (QED) is 0.896. The first-order valence-electron chi connectivity index (χ1n) is 7.42. The van der Waals surface area contributed by atoms with Crippen LogP contribution >= 0.6 is 0 Å². The highest BCUT2D eigenvalue weighted by atomic mass is 15.1. The van der Waals surface area contributed by atoms with Crippen molar-refractivity contribution in [2.24, 2.45) is 5.73 Å². The summed E-state index contributed by atoms with van der Waals surface area (Å²) in [5, 5.41) is 0. The molecule has 2 N–H and O–H groups in total. The van der Waals surface area contributed by atoms with Gasteiger partial charge in [0.1, 0.15) is 0 Å². The van der Waals surface area contributed by atoms with Crippen LogP contribution in [0.15, 0.2) is 24.8 Å². The molecule has 3 rings (SSSR count). The number of nitrogens with two attached hydrogens (primary N) is 1. The molecule has 2 aliphatic rings. The van der Waals surface area contributed by atoms with Crippen molar-refractivity contribution in [2.45, 2.75) is 44.2 Å². The molecule has 0 aliphatic heterocycles. The highest BCUT2D eigenvalue weighted by molar-refractivity contribution is 5.66. The van der Waals surface area contributed by atoms with Crippen LogP contribution < -0.4 is 5.73 Å². The lowest BCUT2D eigenvalue weighted by atomic mass is 9.86. The average molecular weight is 256 g/mol. The first kappa shape index (κ1) is 12.9. The lowest BCUT2D eigenvalue weighted by Crippen LogP contribution is -2.23. The molecule has 1 fully saturated rings. The minimum absolute atomic E-state index is 0.236. The molecule has 1 aromatic rings. The monoisotopic (exact) mass is 256 g/mol. The number of hydrogen-bond donors (Lipinski definition) is 1. The number of likely N-dealkylation sites (N-methyl/N-ethyl adjacent to an activating group) is 1. The minimum Gasteiger partial charge on any atom is -0.324 e. The van der Waals surface area contributed by atoms with Crippen LogP contribution in [0.1, 0.15) is 48.4 Å². The van der Waals surface area contributed by atoms with E-state index in [9.17, 15) is 0 Å². The Morgan fingerprint density at radius 1 is 1.37 bits per heavy atom. The van der Waals surface area contributed by atoms with Gasteiger partial charge in [0.25, 0.3) is 0 Å². The molecule has 0 spiro atoms. The van der Waals surface area contributed by atoms with Gasteiger partial charge in [0, 0.05) is 18.6 Å². The Morgan fingerprint density at radius 2 is 2.16 bits per heavy atom. The molecule has 102 valence electrons. The van der Waals surface area contributed by atoms with Crippen LogP contribution in [-0.2, 0) is 6.42 Å². The first-order valence-corrected chi connectivity index (χ1v) is 7.42. The van der Waals surface area contributed by atoms with Gasteiger partial charge in [-0.15, -0.1) is 0 Å². The lowest BCUT2D eigenvalue weighted by molar-refractivity contribution is 0.365. The second kappa shape index (κ2) is 5.10. The van der Waals surface area contributed by atoms with Crippen molar-refractivity contribution in [3.63, 3.8) is 0 Å². The summed E-state index contributed by atoms with van der Waals surface area (Å²) in [7, 11) is 2.21.